The predicted molar refractivity (Wildman–Crippen MR) is 142 cm³/mol. The van der Waals surface area contributed by atoms with Crippen molar-refractivity contribution < 1.29 is 28.0 Å². The van der Waals surface area contributed by atoms with Crippen molar-refractivity contribution in [3.8, 4) is 0 Å². The van der Waals surface area contributed by atoms with Crippen LogP contribution < -0.4 is 5.32 Å². The molecule has 4 rings (SSSR count). The number of morpholine rings is 1. The predicted octanol–water partition coefficient (Wildman–Crippen LogP) is 4.18. The van der Waals surface area contributed by atoms with Gasteiger partial charge in [-0.1, -0.05) is 15.9 Å². The summed E-state index contributed by atoms with van der Waals surface area (Å²) in [5.41, 5.74) is -0.816. The molecule has 1 aromatic carbocycles. The molecule has 37 heavy (non-hydrogen) atoms. The number of nitrogens with one attached hydrogen (secondary N) is 1. The van der Waals surface area contributed by atoms with E-state index < -0.39 is 47.5 Å². The molecule has 14 heteroatoms. The fraction of sp³-hybridized carbons (Fsp3) is 0.435. The molecule has 198 valence electrons. The lowest BCUT2D eigenvalue weighted by atomic mass is 10.1. The standard InChI is InChI=1S/C23H23BrF2IN5O5/c1-12-8-30(9-13(2)37-12)22(34)17-4-15(24)5-18(32(35)36)20(17)29-19-10-31(11-23(19,25)26)21(33)14-3-16(27)7-28-6-14/h3-7,12-13,19,29H,8-11H2,1-2H3/t12-,13+,19?. The largest absolute Gasteiger partial charge is 0.372 e. The monoisotopic (exact) mass is 693 g/mol. The summed E-state index contributed by atoms with van der Waals surface area (Å²) >= 11 is 5.16. The third-order valence-corrected chi connectivity index (χ3v) is 7.14. The van der Waals surface area contributed by atoms with Gasteiger partial charge in [0.15, 0.2) is 0 Å². The Morgan fingerprint density at radius 3 is 2.46 bits per heavy atom. The first-order valence-electron chi connectivity index (χ1n) is 11.3. The van der Waals surface area contributed by atoms with Gasteiger partial charge in [0, 0.05) is 46.1 Å². The lowest BCUT2D eigenvalue weighted by Crippen LogP contribution is -2.48. The van der Waals surface area contributed by atoms with Crippen LogP contribution in [0.4, 0.5) is 20.2 Å². The van der Waals surface area contributed by atoms with E-state index in [4.69, 9.17) is 4.74 Å². The molecule has 10 nitrogen and oxygen atoms in total. The second-order valence-corrected chi connectivity index (χ2v) is 11.3. The molecule has 2 amide bonds. The average molecular weight is 694 g/mol. The summed E-state index contributed by atoms with van der Waals surface area (Å²) < 4.78 is 36.9. The fourth-order valence-corrected chi connectivity index (χ4v) is 5.49. The Balaban J connectivity index is 1.67. The van der Waals surface area contributed by atoms with E-state index in [1.54, 1.807) is 13.8 Å². The highest BCUT2D eigenvalue weighted by Crippen LogP contribution is 2.38. The van der Waals surface area contributed by atoms with E-state index in [2.05, 4.69) is 26.2 Å². The highest BCUT2D eigenvalue weighted by molar-refractivity contribution is 14.1. The summed E-state index contributed by atoms with van der Waals surface area (Å²) in [5.74, 6) is -4.60. The zero-order chi connectivity index (χ0) is 27.1. The number of benzene rings is 1. The third kappa shape index (κ3) is 6.00. The van der Waals surface area contributed by atoms with Crippen molar-refractivity contribution in [2.24, 2.45) is 0 Å². The van der Waals surface area contributed by atoms with Crippen LogP contribution in [0.5, 0.6) is 0 Å². The molecule has 3 atom stereocenters. The minimum Gasteiger partial charge on any atom is -0.372 e. The Morgan fingerprint density at radius 2 is 1.84 bits per heavy atom. The van der Waals surface area contributed by atoms with Gasteiger partial charge in [0.2, 0.25) is 0 Å². The van der Waals surface area contributed by atoms with Gasteiger partial charge in [-0.25, -0.2) is 8.78 Å². The zero-order valence-corrected chi connectivity index (χ0v) is 23.5. The summed E-state index contributed by atoms with van der Waals surface area (Å²) in [6, 6.07) is 2.39. The Kier molecular flexibility index (Phi) is 7.99. The topological polar surface area (TPSA) is 118 Å². The Hall–Kier alpha value is -2.46. The van der Waals surface area contributed by atoms with Crippen LogP contribution in [0.2, 0.25) is 0 Å². The number of hydrogen-bond donors (Lipinski definition) is 1. The SMILES string of the molecule is C[C@@H]1CN(C(=O)c2cc(Br)cc([N+](=O)[O-])c2NC2CN(C(=O)c3cncc(I)c3)CC2(F)F)C[C@H](C)O1. The first kappa shape index (κ1) is 27.6. The van der Waals surface area contributed by atoms with Crippen LogP contribution in [0, 0.1) is 13.7 Å². The van der Waals surface area contributed by atoms with E-state index in [1.165, 1.54) is 29.4 Å². The van der Waals surface area contributed by atoms with E-state index in [9.17, 15) is 19.7 Å². The Morgan fingerprint density at radius 1 is 1.16 bits per heavy atom. The van der Waals surface area contributed by atoms with Gasteiger partial charge in [0.25, 0.3) is 23.4 Å². The zero-order valence-electron chi connectivity index (χ0n) is 19.8. The van der Waals surface area contributed by atoms with Crippen LogP contribution in [-0.4, -0.2) is 81.9 Å². The Bertz CT molecular complexity index is 1240. The lowest BCUT2D eigenvalue weighted by Gasteiger charge is -2.35. The first-order valence-corrected chi connectivity index (χ1v) is 13.2. The van der Waals surface area contributed by atoms with Gasteiger partial charge in [-0.05, 0) is 48.6 Å². The number of alkyl halides is 2. The van der Waals surface area contributed by atoms with E-state index >= 15 is 8.78 Å². The molecule has 1 unspecified atom stereocenters. The smallest absolute Gasteiger partial charge is 0.294 e. The highest BCUT2D eigenvalue weighted by atomic mass is 127. The van der Waals surface area contributed by atoms with Crippen molar-refractivity contribution in [3.63, 3.8) is 0 Å². The van der Waals surface area contributed by atoms with E-state index in [0.29, 0.717) is 3.57 Å². The maximum atomic E-state index is 15.1. The van der Waals surface area contributed by atoms with Crippen molar-refractivity contribution >= 4 is 61.7 Å². The van der Waals surface area contributed by atoms with Crippen molar-refractivity contribution in [2.45, 2.75) is 38.0 Å². The van der Waals surface area contributed by atoms with Crippen LogP contribution in [0.25, 0.3) is 0 Å². The van der Waals surface area contributed by atoms with Crippen molar-refractivity contribution in [1.82, 2.24) is 14.8 Å². The van der Waals surface area contributed by atoms with Gasteiger partial charge >= 0.3 is 0 Å². The summed E-state index contributed by atoms with van der Waals surface area (Å²) in [5, 5.41) is 14.5. The van der Waals surface area contributed by atoms with Gasteiger partial charge in [-0.2, -0.15) is 0 Å². The molecule has 0 spiro atoms. The summed E-state index contributed by atoms with van der Waals surface area (Å²) in [4.78, 5) is 43.9. The van der Waals surface area contributed by atoms with Crippen LogP contribution in [-0.2, 0) is 4.74 Å². The number of hydrogen-bond acceptors (Lipinski definition) is 7. The van der Waals surface area contributed by atoms with E-state index in [-0.39, 0.29) is 46.6 Å². The third-order valence-electron chi connectivity index (χ3n) is 6.09. The number of nitrogens with zero attached hydrogens (tertiary/aromatic N) is 4. The molecular weight excluding hydrogens is 671 g/mol. The van der Waals surface area contributed by atoms with Crippen LogP contribution in [0.15, 0.2) is 35.1 Å². The maximum absolute atomic E-state index is 15.1. The minimum atomic E-state index is -3.42. The molecule has 3 heterocycles. The highest BCUT2D eigenvalue weighted by Gasteiger charge is 2.51. The number of likely N-dealkylation sites (tertiary alicyclic amines) is 1. The number of amides is 2. The van der Waals surface area contributed by atoms with Crippen LogP contribution in [0.3, 0.4) is 0 Å². The molecule has 0 bridgehead atoms. The average Bonchev–Trinajstić information content (AvgIpc) is 3.11. The molecule has 1 N–H and O–H groups in total. The van der Waals surface area contributed by atoms with Crippen LogP contribution in [0.1, 0.15) is 34.6 Å². The van der Waals surface area contributed by atoms with Crippen molar-refractivity contribution in [2.75, 3.05) is 31.5 Å². The molecule has 2 saturated heterocycles. The van der Waals surface area contributed by atoms with Gasteiger partial charge in [0.1, 0.15) is 11.7 Å². The van der Waals surface area contributed by atoms with E-state index in [0.717, 1.165) is 11.0 Å². The number of nitro benzene ring substituents is 1. The second-order valence-electron chi connectivity index (χ2n) is 9.11. The van der Waals surface area contributed by atoms with E-state index in [1.807, 2.05) is 22.6 Å². The minimum absolute atomic E-state index is 0.121. The number of rotatable bonds is 5. The number of carbonyl (C=O) groups is 2. The second kappa shape index (κ2) is 10.7. The van der Waals surface area contributed by atoms with Gasteiger partial charge in [0.05, 0.1) is 34.8 Å². The first-order chi connectivity index (χ1) is 17.4. The fourth-order valence-electron chi connectivity index (χ4n) is 4.55. The van der Waals surface area contributed by atoms with Crippen molar-refractivity contribution in [3.05, 3.63) is 59.9 Å². The molecule has 1 aromatic heterocycles. The molecule has 2 fully saturated rings. The van der Waals surface area contributed by atoms with Gasteiger partial charge < -0.3 is 19.9 Å². The lowest BCUT2D eigenvalue weighted by molar-refractivity contribution is -0.384. The Labute approximate surface area is 233 Å². The number of nitro groups is 1. The molecule has 2 aliphatic heterocycles. The van der Waals surface area contributed by atoms with Gasteiger partial charge in [-0.15, -0.1) is 0 Å². The molecule has 0 aliphatic carbocycles. The number of aromatic nitrogens is 1. The van der Waals surface area contributed by atoms with Gasteiger partial charge in [-0.3, -0.25) is 24.7 Å². The molecule has 2 aromatic rings. The molecule has 0 radical (unpaired) electrons. The molecular formula is C23H23BrF2IN5O5. The number of anilines is 1. The number of ether oxygens (including phenoxy) is 1. The summed E-state index contributed by atoms with van der Waals surface area (Å²) in [6.07, 6.45) is 2.30. The number of halogens is 4. The quantitative estimate of drug-likeness (QED) is 0.284. The normalized spacial score (nSPS) is 23.1. The summed E-state index contributed by atoms with van der Waals surface area (Å²) in [7, 11) is 0. The number of pyridine rings is 1. The van der Waals surface area contributed by atoms with Crippen LogP contribution >= 0.6 is 38.5 Å². The molecule has 2 aliphatic rings. The van der Waals surface area contributed by atoms with Crippen molar-refractivity contribution in [1.29, 1.82) is 0 Å². The molecule has 0 saturated carbocycles. The summed E-state index contributed by atoms with van der Waals surface area (Å²) in [6.45, 7) is 2.77. The number of carbonyl (C=O) groups excluding carboxylic acids is 2. The maximum Gasteiger partial charge on any atom is 0.294 e.